The predicted molar refractivity (Wildman–Crippen MR) is 241 cm³/mol. The zero-order valence-corrected chi connectivity index (χ0v) is 31.7. The van der Waals surface area contributed by atoms with E-state index in [9.17, 15) is 0 Å². The van der Waals surface area contributed by atoms with Gasteiger partial charge in [-0.25, -0.2) is 4.98 Å². The molecule has 0 atom stereocenters. The van der Waals surface area contributed by atoms with Crippen molar-refractivity contribution in [2.45, 2.75) is 0 Å². The third-order valence-corrected chi connectivity index (χ3v) is 12.1. The SMILES string of the molecule is c1ccc(-c2ccc(N(c3ccccc3)c3ccc(-c4ccc5c(ccc6c7cc(-c8ccc9nc(-c%10ccccc%10)oc9c8)ccc7sc56)c4)cc3)cc2)cc1. The highest BCUT2D eigenvalue weighted by Crippen LogP contribution is 2.42. The minimum absolute atomic E-state index is 0.643. The molecule has 0 radical (unpaired) electrons. The van der Waals surface area contributed by atoms with Gasteiger partial charge in [-0.15, -0.1) is 11.3 Å². The van der Waals surface area contributed by atoms with E-state index in [1.54, 1.807) is 0 Å². The average Bonchev–Trinajstić information content (AvgIpc) is 3.89. The number of thiophene rings is 1. The quantitative estimate of drug-likeness (QED) is 0.163. The van der Waals surface area contributed by atoms with Crippen LogP contribution < -0.4 is 4.90 Å². The van der Waals surface area contributed by atoms with Crippen LogP contribution >= 0.6 is 11.3 Å². The number of fused-ring (bicyclic) bond motifs is 6. The van der Waals surface area contributed by atoms with Gasteiger partial charge in [0.1, 0.15) is 5.52 Å². The number of hydrogen-bond donors (Lipinski definition) is 0. The number of nitrogens with zero attached hydrogens (tertiary/aromatic N) is 2. The van der Waals surface area contributed by atoms with Crippen molar-refractivity contribution in [2.24, 2.45) is 0 Å². The lowest BCUT2D eigenvalue weighted by Gasteiger charge is -2.26. The standard InChI is InChI=1S/C53H34N2OS/c1-4-10-35(11-5-1)36-16-24-44(25-17-36)55(43-14-8-3-9-15-43)45-26-18-37(19-27-45)39-20-28-46-42(32-39)21-29-47-48-33-40(23-31-51(48)57-52(46)47)41-22-30-49-50(34-41)56-53(54-49)38-12-6-2-7-13-38/h1-34H. The van der Waals surface area contributed by atoms with Crippen LogP contribution in [0.5, 0.6) is 0 Å². The Labute approximate surface area is 334 Å². The lowest BCUT2D eigenvalue weighted by Crippen LogP contribution is -2.09. The number of aromatic nitrogens is 1. The molecule has 9 aromatic carbocycles. The Morgan fingerprint density at radius 1 is 0.386 bits per heavy atom. The number of rotatable bonds is 7. The summed E-state index contributed by atoms with van der Waals surface area (Å²) in [5, 5.41) is 5.08. The fraction of sp³-hybridized carbons (Fsp3) is 0. The molecule has 11 rings (SSSR count). The first-order valence-electron chi connectivity index (χ1n) is 19.2. The Kier molecular flexibility index (Phi) is 8.01. The highest BCUT2D eigenvalue weighted by atomic mass is 32.1. The fourth-order valence-corrected chi connectivity index (χ4v) is 9.21. The van der Waals surface area contributed by atoms with Crippen molar-refractivity contribution in [3.05, 3.63) is 206 Å². The molecule has 0 N–H and O–H groups in total. The molecule has 11 aromatic rings. The summed E-state index contributed by atoms with van der Waals surface area (Å²) in [5.74, 6) is 0.643. The predicted octanol–water partition coefficient (Wildman–Crippen LogP) is 15.5. The maximum absolute atomic E-state index is 6.21. The zero-order chi connectivity index (χ0) is 37.7. The molecule has 0 amide bonds. The van der Waals surface area contributed by atoms with Crippen LogP contribution in [0.3, 0.4) is 0 Å². The van der Waals surface area contributed by atoms with Gasteiger partial charge in [-0.3, -0.25) is 0 Å². The maximum atomic E-state index is 6.21. The molecular weight excluding hydrogens is 713 g/mol. The largest absolute Gasteiger partial charge is 0.436 e. The number of hydrogen-bond acceptors (Lipinski definition) is 4. The van der Waals surface area contributed by atoms with Crippen LogP contribution in [0.15, 0.2) is 211 Å². The van der Waals surface area contributed by atoms with Crippen LogP contribution in [-0.4, -0.2) is 4.98 Å². The second-order valence-corrected chi connectivity index (χ2v) is 15.4. The minimum atomic E-state index is 0.643. The van der Waals surface area contributed by atoms with Crippen molar-refractivity contribution in [3.63, 3.8) is 0 Å². The molecule has 2 aromatic heterocycles. The Bertz CT molecular complexity index is 3210. The fourth-order valence-electron chi connectivity index (χ4n) is 7.99. The molecule has 0 fully saturated rings. The molecule has 0 unspecified atom stereocenters. The van der Waals surface area contributed by atoms with Crippen LogP contribution in [-0.2, 0) is 0 Å². The smallest absolute Gasteiger partial charge is 0.227 e. The van der Waals surface area contributed by atoms with E-state index in [1.807, 2.05) is 41.7 Å². The Morgan fingerprint density at radius 3 is 1.63 bits per heavy atom. The molecular formula is C53H34N2OS. The van der Waals surface area contributed by atoms with Crippen molar-refractivity contribution >= 4 is 70.4 Å². The summed E-state index contributed by atoms with van der Waals surface area (Å²) in [6.07, 6.45) is 0. The monoisotopic (exact) mass is 746 g/mol. The van der Waals surface area contributed by atoms with Crippen molar-refractivity contribution in [1.82, 2.24) is 4.98 Å². The third kappa shape index (κ3) is 6.04. The van der Waals surface area contributed by atoms with Crippen molar-refractivity contribution in [1.29, 1.82) is 0 Å². The number of para-hydroxylation sites is 1. The molecule has 0 saturated heterocycles. The number of benzene rings is 9. The normalized spacial score (nSPS) is 11.5. The van der Waals surface area contributed by atoms with E-state index in [2.05, 4.69) is 181 Å². The van der Waals surface area contributed by atoms with Crippen LogP contribution in [0, 0.1) is 0 Å². The lowest BCUT2D eigenvalue weighted by molar-refractivity contribution is 0.620. The van der Waals surface area contributed by atoms with E-state index in [-0.39, 0.29) is 0 Å². The van der Waals surface area contributed by atoms with Gasteiger partial charge in [-0.2, -0.15) is 0 Å². The molecule has 57 heavy (non-hydrogen) atoms. The molecule has 0 aliphatic rings. The van der Waals surface area contributed by atoms with E-state index in [0.717, 1.165) is 44.9 Å². The average molecular weight is 747 g/mol. The van der Waals surface area contributed by atoms with E-state index < -0.39 is 0 Å². The molecule has 3 nitrogen and oxygen atoms in total. The Hall–Kier alpha value is -7.27. The molecule has 0 aliphatic heterocycles. The van der Waals surface area contributed by atoms with Gasteiger partial charge in [-0.05, 0) is 123 Å². The summed E-state index contributed by atoms with van der Waals surface area (Å²) in [6, 6.07) is 73.5. The van der Waals surface area contributed by atoms with Crippen molar-refractivity contribution in [3.8, 4) is 44.8 Å². The van der Waals surface area contributed by atoms with Crippen LogP contribution in [0.25, 0.3) is 86.9 Å². The maximum Gasteiger partial charge on any atom is 0.227 e. The molecule has 0 saturated carbocycles. The first-order chi connectivity index (χ1) is 28.2. The lowest BCUT2D eigenvalue weighted by atomic mass is 9.98. The second-order valence-electron chi connectivity index (χ2n) is 14.4. The Balaban J connectivity index is 0.900. The molecule has 0 spiro atoms. The van der Waals surface area contributed by atoms with Gasteiger partial charge in [0, 0.05) is 42.8 Å². The highest BCUT2D eigenvalue weighted by Gasteiger charge is 2.15. The van der Waals surface area contributed by atoms with Gasteiger partial charge in [-0.1, -0.05) is 127 Å². The van der Waals surface area contributed by atoms with Gasteiger partial charge in [0.05, 0.1) is 0 Å². The molecule has 2 heterocycles. The van der Waals surface area contributed by atoms with Crippen LogP contribution in [0.2, 0.25) is 0 Å². The molecule has 4 heteroatoms. The first-order valence-corrected chi connectivity index (χ1v) is 20.0. The summed E-state index contributed by atoms with van der Waals surface area (Å²) >= 11 is 1.87. The highest BCUT2D eigenvalue weighted by molar-refractivity contribution is 7.26. The minimum Gasteiger partial charge on any atom is -0.436 e. The number of anilines is 3. The summed E-state index contributed by atoms with van der Waals surface area (Å²) in [7, 11) is 0. The number of oxazole rings is 1. The summed E-state index contributed by atoms with van der Waals surface area (Å²) < 4.78 is 8.81. The zero-order valence-electron chi connectivity index (χ0n) is 30.8. The van der Waals surface area contributed by atoms with Gasteiger partial charge in [0.2, 0.25) is 5.89 Å². The van der Waals surface area contributed by atoms with Crippen molar-refractivity contribution < 1.29 is 4.42 Å². The van der Waals surface area contributed by atoms with Gasteiger partial charge < -0.3 is 9.32 Å². The summed E-state index contributed by atoms with van der Waals surface area (Å²) in [4.78, 5) is 7.05. The van der Waals surface area contributed by atoms with Crippen molar-refractivity contribution in [2.75, 3.05) is 4.90 Å². The van der Waals surface area contributed by atoms with Gasteiger partial charge in [0.25, 0.3) is 0 Å². The first kappa shape index (κ1) is 33.1. The molecule has 268 valence electrons. The second kappa shape index (κ2) is 13.8. The Morgan fingerprint density at radius 2 is 0.912 bits per heavy atom. The van der Waals surface area contributed by atoms with Crippen LogP contribution in [0.1, 0.15) is 0 Å². The van der Waals surface area contributed by atoms with E-state index in [4.69, 9.17) is 9.40 Å². The van der Waals surface area contributed by atoms with E-state index in [0.29, 0.717) is 5.89 Å². The summed E-state index contributed by atoms with van der Waals surface area (Å²) in [6.45, 7) is 0. The van der Waals surface area contributed by atoms with E-state index >= 15 is 0 Å². The van der Waals surface area contributed by atoms with Gasteiger partial charge in [0.15, 0.2) is 5.58 Å². The van der Waals surface area contributed by atoms with Crippen LogP contribution in [0.4, 0.5) is 17.1 Å². The third-order valence-electron chi connectivity index (χ3n) is 10.9. The van der Waals surface area contributed by atoms with E-state index in [1.165, 1.54) is 53.2 Å². The van der Waals surface area contributed by atoms with Gasteiger partial charge >= 0.3 is 0 Å². The molecule has 0 bridgehead atoms. The summed E-state index contributed by atoms with van der Waals surface area (Å²) in [5.41, 5.74) is 13.1. The topological polar surface area (TPSA) is 29.3 Å². The molecule has 0 aliphatic carbocycles.